The highest BCUT2D eigenvalue weighted by Gasteiger charge is 2.08. The summed E-state index contributed by atoms with van der Waals surface area (Å²) in [6.45, 7) is 7.01. The molecule has 0 amide bonds. The quantitative estimate of drug-likeness (QED) is 0.899. The van der Waals surface area contributed by atoms with Gasteiger partial charge in [-0.1, -0.05) is 12.1 Å². The van der Waals surface area contributed by atoms with E-state index in [-0.39, 0.29) is 0 Å². The minimum absolute atomic E-state index is 0.421. The Morgan fingerprint density at radius 3 is 2.67 bits per heavy atom. The average molecular weight is 245 g/mol. The Hall–Kier alpha value is -1.74. The maximum atomic E-state index is 5.84. The van der Waals surface area contributed by atoms with E-state index in [2.05, 4.69) is 19.9 Å². The van der Waals surface area contributed by atoms with Crippen molar-refractivity contribution < 1.29 is 9.15 Å². The van der Waals surface area contributed by atoms with Crippen LogP contribution in [-0.4, -0.2) is 0 Å². The Labute approximate surface area is 108 Å². The largest absolute Gasteiger partial charge is 0.488 e. The van der Waals surface area contributed by atoms with Gasteiger partial charge in [-0.15, -0.1) is 0 Å². The van der Waals surface area contributed by atoms with Gasteiger partial charge in [0, 0.05) is 5.56 Å². The lowest BCUT2D eigenvalue weighted by Crippen LogP contribution is -1.98. The zero-order valence-corrected chi connectivity index (χ0v) is 11.1. The Balaban J connectivity index is 2.11. The third-order valence-electron chi connectivity index (χ3n) is 3.21. The summed E-state index contributed by atoms with van der Waals surface area (Å²) >= 11 is 0. The first-order valence-corrected chi connectivity index (χ1v) is 6.09. The Morgan fingerprint density at radius 2 is 2.00 bits per heavy atom. The molecule has 96 valence electrons. The molecule has 1 aromatic carbocycles. The van der Waals surface area contributed by atoms with Crippen LogP contribution in [0.15, 0.2) is 28.7 Å². The van der Waals surface area contributed by atoms with Crippen molar-refractivity contribution in [1.82, 2.24) is 0 Å². The number of furan rings is 1. The number of hydrogen-bond acceptors (Lipinski definition) is 3. The van der Waals surface area contributed by atoms with E-state index in [9.17, 15) is 0 Å². The molecule has 3 nitrogen and oxygen atoms in total. The van der Waals surface area contributed by atoms with Crippen molar-refractivity contribution in [2.75, 3.05) is 0 Å². The highest BCUT2D eigenvalue weighted by Crippen LogP contribution is 2.23. The summed E-state index contributed by atoms with van der Waals surface area (Å²) in [6.07, 6.45) is 0. The molecule has 0 atom stereocenters. The van der Waals surface area contributed by atoms with Crippen LogP contribution in [0.25, 0.3) is 0 Å². The summed E-state index contributed by atoms with van der Waals surface area (Å²) in [5.41, 5.74) is 9.01. The van der Waals surface area contributed by atoms with Gasteiger partial charge >= 0.3 is 0 Å². The van der Waals surface area contributed by atoms with Gasteiger partial charge in [0.1, 0.15) is 23.9 Å². The third kappa shape index (κ3) is 2.57. The zero-order valence-electron chi connectivity index (χ0n) is 11.1. The van der Waals surface area contributed by atoms with Gasteiger partial charge in [0.15, 0.2) is 0 Å². The minimum atomic E-state index is 0.421. The lowest BCUT2D eigenvalue weighted by Gasteiger charge is -2.10. The number of benzene rings is 1. The summed E-state index contributed by atoms with van der Waals surface area (Å²) in [5.74, 6) is 2.60. The lowest BCUT2D eigenvalue weighted by atomic mass is 10.1. The van der Waals surface area contributed by atoms with Crippen molar-refractivity contribution >= 4 is 0 Å². The predicted molar refractivity (Wildman–Crippen MR) is 71.6 cm³/mol. The standard InChI is InChI=1S/C15H19NO2/c1-10-5-4-6-15(11(10)2)17-9-13-7-14(8-16)18-12(13)3/h4-7H,8-9,16H2,1-3H3. The van der Waals surface area contributed by atoms with Gasteiger partial charge in [-0.25, -0.2) is 0 Å². The van der Waals surface area contributed by atoms with Crippen molar-refractivity contribution in [2.45, 2.75) is 33.9 Å². The van der Waals surface area contributed by atoms with E-state index >= 15 is 0 Å². The highest BCUT2D eigenvalue weighted by molar-refractivity contribution is 5.38. The second kappa shape index (κ2) is 5.27. The SMILES string of the molecule is Cc1cccc(OCc2cc(CN)oc2C)c1C. The molecule has 1 heterocycles. The smallest absolute Gasteiger partial charge is 0.122 e. The molecule has 0 saturated carbocycles. The van der Waals surface area contributed by atoms with Crippen LogP contribution in [0.1, 0.15) is 28.2 Å². The van der Waals surface area contributed by atoms with Crippen LogP contribution in [0.4, 0.5) is 0 Å². The predicted octanol–water partition coefficient (Wildman–Crippen LogP) is 3.24. The lowest BCUT2D eigenvalue weighted by molar-refractivity contribution is 0.300. The molecule has 2 aromatic rings. The molecule has 2 N–H and O–H groups in total. The van der Waals surface area contributed by atoms with E-state index in [1.54, 1.807) is 0 Å². The van der Waals surface area contributed by atoms with E-state index in [0.29, 0.717) is 13.2 Å². The average Bonchev–Trinajstić information content (AvgIpc) is 2.72. The van der Waals surface area contributed by atoms with Crippen LogP contribution >= 0.6 is 0 Å². The van der Waals surface area contributed by atoms with Crippen LogP contribution in [0.2, 0.25) is 0 Å². The fourth-order valence-electron chi connectivity index (χ4n) is 1.87. The highest BCUT2D eigenvalue weighted by atomic mass is 16.5. The fourth-order valence-corrected chi connectivity index (χ4v) is 1.87. The van der Waals surface area contributed by atoms with Crippen LogP contribution < -0.4 is 10.5 Å². The van der Waals surface area contributed by atoms with Crippen molar-refractivity contribution in [3.8, 4) is 5.75 Å². The van der Waals surface area contributed by atoms with Gasteiger partial charge < -0.3 is 14.9 Å². The van der Waals surface area contributed by atoms with E-state index < -0.39 is 0 Å². The summed E-state index contributed by atoms with van der Waals surface area (Å²) in [6, 6.07) is 8.03. The second-order valence-electron chi connectivity index (χ2n) is 4.48. The number of rotatable bonds is 4. The Bertz CT molecular complexity index is 543. The molecule has 3 heteroatoms. The number of aryl methyl sites for hydroxylation is 2. The third-order valence-corrected chi connectivity index (χ3v) is 3.21. The molecular weight excluding hydrogens is 226 g/mol. The number of nitrogens with two attached hydrogens (primary N) is 1. The van der Waals surface area contributed by atoms with E-state index in [1.807, 2.05) is 25.1 Å². The van der Waals surface area contributed by atoms with Gasteiger partial charge in [-0.3, -0.25) is 0 Å². The molecule has 0 bridgehead atoms. The van der Waals surface area contributed by atoms with Crippen LogP contribution in [0, 0.1) is 20.8 Å². The zero-order chi connectivity index (χ0) is 13.1. The van der Waals surface area contributed by atoms with Crippen LogP contribution in [0.3, 0.4) is 0 Å². The molecule has 0 spiro atoms. The molecule has 18 heavy (non-hydrogen) atoms. The van der Waals surface area contributed by atoms with Gasteiger partial charge in [0.2, 0.25) is 0 Å². The molecule has 1 aromatic heterocycles. The van der Waals surface area contributed by atoms with Gasteiger partial charge in [0.05, 0.1) is 6.54 Å². The monoisotopic (exact) mass is 245 g/mol. The molecule has 0 unspecified atom stereocenters. The molecule has 2 rings (SSSR count). The maximum Gasteiger partial charge on any atom is 0.122 e. The van der Waals surface area contributed by atoms with E-state index in [1.165, 1.54) is 11.1 Å². The van der Waals surface area contributed by atoms with Crippen molar-refractivity contribution in [3.05, 3.63) is 52.5 Å². The molecule has 0 fully saturated rings. The summed E-state index contributed by atoms with van der Waals surface area (Å²) < 4.78 is 11.3. The Kier molecular flexibility index (Phi) is 3.72. The summed E-state index contributed by atoms with van der Waals surface area (Å²) in [7, 11) is 0. The van der Waals surface area contributed by atoms with E-state index in [0.717, 1.165) is 22.8 Å². The fraction of sp³-hybridized carbons (Fsp3) is 0.333. The Morgan fingerprint density at radius 1 is 1.22 bits per heavy atom. The molecule has 0 aliphatic rings. The van der Waals surface area contributed by atoms with Crippen LogP contribution in [-0.2, 0) is 13.2 Å². The maximum absolute atomic E-state index is 5.84. The molecule has 0 saturated heterocycles. The molecule has 0 aliphatic carbocycles. The number of ether oxygens (including phenoxy) is 1. The summed E-state index contributed by atoms with van der Waals surface area (Å²) in [4.78, 5) is 0. The van der Waals surface area contributed by atoms with Gasteiger partial charge in [-0.05, 0) is 44.0 Å². The molecular formula is C15H19NO2. The minimum Gasteiger partial charge on any atom is -0.488 e. The number of hydrogen-bond donors (Lipinski definition) is 1. The first-order chi connectivity index (χ1) is 8.61. The topological polar surface area (TPSA) is 48.4 Å². The molecule has 0 aliphatic heterocycles. The van der Waals surface area contributed by atoms with Gasteiger partial charge in [0.25, 0.3) is 0 Å². The second-order valence-corrected chi connectivity index (χ2v) is 4.48. The van der Waals surface area contributed by atoms with Crippen molar-refractivity contribution in [1.29, 1.82) is 0 Å². The first kappa shape index (κ1) is 12.7. The summed E-state index contributed by atoms with van der Waals surface area (Å²) in [5, 5.41) is 0. The van der Waals surface area contributed by atoms with Crippen molar-refractivity contribution in [2.24, 2.45) is 5.73 Å². The van der Waals surface area contributed by atoms with Gasteiger partial charge in [-0.2, -0.15) is 0 Å². The van der Waals surface area contributed by atoms with Crippen LogP contribution in [0.5, 0.6) is 5.75 Å². The normalized spacial score (nSPS) is 10.7. The molecule has 0 radical (unpaired) electrons. The van der Waals surface area contributed by atoms with Crippen molar-refractivity contribution in [3.63, 3.8) is 0 Å². The van der Waals surface area contributed by atoms with E-state index in [4.69, 9.17) is 14.9 Å². The first-order valence-electron chi connectivity index (χ1n) is 6.09.